The zero-order valence-electron chi connectivity index (χ0n) is 18.5. The predicted molar refractivity (Wildman–Crippen MR) is 121 cm³/mol. The van der Waals surface area contributed by atoms with Crippen molar-refractivity contribution >= 4 is 23.2 Å². The molecule has 0 saturated carbocycles. The van der Waals surface area contributed by atoms with Crippen molar-refractivity contribution in [3.8, 4) is 5.75 Å². The van der Waals surface area contributed by atoms with Gasteiger partial charge in [0.25, 0.3) is 12.3 Å². The summed E-state index contributed by atoms with van der Waals surface area (Å²) in [4.78, 5) is 19.2. The number of halogens is 3. The molecular weight excluding hydrogens is 470 g/mol. The summed E-state index contributed by atoms with van der Waals surface area (Å²) >= 11 is 6.05. The average molecular weight is 495 g/mol. The highest BCUT2D eigenvalue weighted by atomic mass is 35.5. The third-order valence-electron chi connectivity index (χ3n) is 5.74. The molecular formula is C23H25ClF2N4O4. The highest BCUT2D eigenvalue weighted by Gasteiger charge is 2.36. The van der Waals surface area contributed by atoms with E-state index in [1.165, 1.54) is 16.5 Å². The molecule has 1 unspecified atom stereocenters. The summed E-state index contributed by atoms with van der Waals surface area (Å²) in [6.45, 7) is -0.891. The van der Waals surface area contributed by atoms with Gasteiger partial charge in [-0.05, 0) is 36.6 Å². The second kappa shape index (κ2) is 10.6. The van der Waals surface area contributed by atoms with Crippen molar-refractivity contribution < 1.29 is 28.2 Å². The largest absolute Gasteiger partial charge is 0.493 e. The van der Waals surface area contributed by atoms with E-state index in [0.29, 0.717) is 35.1 Å². The van der Waals surface area contributed by atoms with E-state index in [1.807, 2.05) is 24.3 Å². The smallest absolute Gasteiger partial charge is 0.261 e. The fraction of sp³-hybridized carbons (Fsp3) is 0.435. The van der Waals surface area contributed by atoms with Crippen LogP contribution in [0.25, 0.3) is 5.65 Å². The number of alkyl halides is 2. The van der Waals surface area contributed by atoms with Crippen LogP contribution in [0.5, 0.6) is 5.75 Å². The third kappa shape index (κ3) is 5.45. The van der Waals surface area contributed by atoms with Crippen LogP contribution < -0.4 is 4.74 Å². The number of fused-ring (bicyclic) bond motifs is 1. The minimum atomic E-state index is -2.59. The summed E-state index contributed by atoms with van der Waals surface area (Å²) in [6, 6.07) is 8.60. The summed E-state index contributed by atoms with van der Waals surface area (Å²) in [5.74, 6) is 0.578. The molecule has 4 rings (SSSR count). The molecule has 11 heteroatoms. The number of carbonyl (C=O) groups excluding carboxylic acids is 1. The number of carbonyl (C=O) groups is 1. The number of aryl methyl sites for hydroxylation is 2. The monoisotopic (exact) mass is 494 g/mol. The maximum atomic E-state index is 13.2. The molecule has 0 bridgehead atoms. The number of hydrogen-bond acceptors (Lipinski definition) is 6. The molecule has 0 radical (unpaired) electrons. The van der Waals surface area contributed by atoms with Gasteiger partial charge in [-0.2, -0.15) is 5.10 Å². The van der Waals surface area contributed by atoms with E-state index < -0.39 is 25.2 Å². The molecule has 1 aliphatic heterocycles. The minimum Gasteiger partial charge on any atom is -0.493 e. The second-order valence-corrected chi connectivity index (χ2v) is 8.54. The molecule has 8 nitrogen and oxygen atoms in total. The highest BCUT2D eigenvalue weighted by molar-refractivity contribution is 6.30. The molecule has 3 heterocycles. The van der Waals surface area contributed by atoms with E-state index in [0.717, 1.165) is 5.56 Å². The van der Waals surface area contributed by atoms with Gasteiger partial charge in [0, 0.05) is 24.2 Å². The van der Waals surface area contributed by atoms with E-state index in [9.17, 15) is 18.7 Å². The lowest BCUT2D eigenvalue weighted by Crippen LogP contribution is -2.38. The Labute approximate surface area is 200 Å². The Morgan fingerprint density at radius 3 is 2.85 bits per heavy atom. The van der Waals surface area contributed by atoms with Crippen molar-refractivity contribution in [2.24, 2.45) is 0 Å². The standard InChI is InChI=1S/C23H25ClF2N4O4/c1-33-19-8-15(23(32)29-11-18(9-17(29)12-31)34-13-20(25)26)10-30-22(19)27-21(28-30)6-5-14-3-2-4-16(24)7-14/h2-4,7-8,10,17-18,20,31H,5-6,9,11-13H2,1H3/t17?,18-/m1/s1. The number of hydrogen-bond donors (Lipinski definition) is 1. The van der Waals surface area contributed by atoms with E-state index in [-0.39, 0.29) is 31.0 Å². The number of rotatable bonds is 9. The van der Waals surface area contributed by atoms with Crippen LogP contribution in [-0.2, 0) is 17.6 Å². The van der Waals surface area contributed by atoms with Crippen LogP contribution in [0.1, 0.15) is 28.2 Å². The Hall–Kier alpha value is -2.82. The van der Waals surface area contributed by atoms with Crippen molar-refractivity contribution in [2.75, 3.05) is 26.9 Å². The lowest BCUT2D eigenvalue weighted by atomic mass is 10.1. The van der Waals surface area contributed by atoms with Crippen molar-refractivity contribution in [1.82, 2.24) is 19.5 Å². The average Bonchev–Trinajstić information content (AvgIpc) is 3.44. The highest BCUT2D eigenvalue weighted by Crippen LogP contribution is 2.26. The molecule has 2 aromatic heterocycles. The number of aromatic nitrogens is 3. The Morgan fingerprint density at radius 1 is 1.32 bits per heavy atom. The minimum absolute atomic E-state index is 0.110. The zero-order chi connectivity index (χ0) is 24.2. The first-order valence-electron chi connectivity index (χ1n) is 10.9. The Balaban J connectivity index is 1.53. The molecule has 1 fully saturated rings. The van der Waals surface area contributed by atoms with Gasteiger partial charge in [-0.25, -0.2) is 18.3 Å². The van der Waals surface area contributed by atoms with Crippen molar-refractivity contribution in [3.63, 3.8) is 0 Å². The summed E-state index contributed by atoms with van der Waals surface area (Å²) in [5.41, 5.74) is 1.81. The maximum absolute atomic E-state index is 13.2. The van der Waals surface area contributed by atoms with Gasteiger partial charge in [-0.1, -0.05) is 23.7 Å². The Morgan fingerprint density at radius 2 is 2.15 bits per heavy atom. The molecule has 182 valence electrons. The number of aliphatic hydroxyl groups excluding tert-OH is 1. The molecule has 1 aliphatic rings. The quantitative estimate of drug-likeness (QED) is 0.492. The SMILES string of the molecule is COc1cc(C(=O)N2C[C@H](OCC(F)F)CC2CO)cn2nc(CCc3cccc(Cl)c3)nc12. The maximum Gasteiger partial charge on any atom is 0.261 e. The molecule has 1 N–H and O–H groups in total. The first-order valence-corrected chi connectivity index (χ1v) is 11.2. The van der Waals surface area contributed by atoms with E-state index in [1.54, 1.807) is 12.3 Å². The fourth-order valence-corrected chi connectivity index (χ4v) is 4.33. The summed E-state index contributed by atoms with van der Waals surface area (Å²) in [6.07, 6.45) is -0.0636. The van der Waals surface area contributed by atoms with Gasteiger partial charge in [0.2, 0.25) is 0 Å². The van der Waals surface area contributed by atoms with Gasteiger partial charge < -0.3 is 19.5 Å². The summed E-state index contributed by atoms with van der Waals surface area (Å²) in [7, 11) is 1.48. The van der Waals surface area contributed by atoms with Crippen LogP contribution in [0, 0.1) is 0 Å². The number of methoxy groups -OCH3 is 1. The van der Waals surface area contributed by atoms with Gasteiger partial charge in [-0.15, -0.1) is 0 Å². The molecule has 3 aromatic rings. The number of likely N-dealkylation sites (tertiary alicyclic amines) is 1. The number of amides is 1. The topological polar surface area (TPSA) is 89.2 Å². The summed E-state index contributed by atoms with van der Waals surface area (Å²) < 4.78 is 37.1. The van der Waals surface area contributed by atoms with Crippen LogP contribution in [0.2, 0.25) is 5.02 Å². The van der Waals surface area contributed by atoms with Gasteiger partial charge in [0.05, 0.1) is 31.4 Å². The van der Waals surface area contributed by atoms with Crippen LogP contribution in [0.4, 0.5) is 8.78 Å². The van der Waals surface area contributed by atoms with Gasteiger partial charge in [0.15, 0.2) is 17.2 Å². The Kier molecular flexibility index (Phi) is 7.60. The van der Waals surface area contributed by atoms with Crippen molar-refractivity contribution in [1.29, 1.82) is 0 Å². The predicted octanol–water partition coefficient (Wildman–Crippen LogP) is 3.03. The van der Waals surface area contributed by atoms with Crippen LogP contribution in [-0.4, -0.2) is 76.0 Å². The first-order chi connectivity index (χ1) is 16.4. The fourth-order valence-electron chi connectivity index (χ4n) is 4.11. The molecule has 34 heavy (non-hydrogen) atoms. The van der Waals surface area contributed by atoms with Crippen LogP contribution in [0.15, 0.2) is 36.5 Å². The number of aliphatic hydroxyl groups is 1. The summed E-state index contributed by atoms with van der Waals surface area (Å²) in [5, 5.41) is 14.9. The number of benzene rings is 1. The van der Waals surface area contributed by atoms with Gasteiger partial charge in [0.1, 0.15) is 6.61 Å². The lowest BCUT2D eigenvalue weighted by molar-refractivity contribution is -0.0194. The van der Waals surface area contributed by atoms with Gasteiger partial charge in [-0.3, -0.25) is 4.79 Å². The van der Waals surface area contributed by atoms with E-state index in [2.05, 4.69) is 10.1 Å². The van der Waals surface area contributed by atoms with Crippen LogP contribution in [0.3, 0.4) is 0 Å². The number of nitrogens with zero attached hydrogens (tertiary/aromatic N) is 4. The number of ether oxygens (including phenoxy) is 2. The number of pyridine rings is 1. The van der Waals surface area contributed by atoms with Crippen LogP contribution >= 0.6 is 11.6 Å². The van der Waals surface area contributed by atoms with E-state index >= 15 is 0 Å². The zero-order valence-corrected chi connectivity index (χ0v) is 19.3. The van der Waals surface area contributed by atoms with Crippen molar-refractivity contribution in [3.05, 3.63) is 58.5 Å². The van der Waals surface area contributed by atoms with Crippen molar-refractivity contribution in [2.45, 2.75) is 37.8 Å². The molecule has 0 spiro atoms. The molecule has 2 atom stereocenters. The Bertz CT molecular complexity index is 1160. The molecule has 1 aromatic carbocycles. The third-order valence-corrected chi connectivity index (χ3v) is 5.98. The lowest BCUT2D eigenvalue weighted by Gasteiger charge is -2.23. The first kappa shape index (κ1) is 24.3. The molecule has 1 amide bonds. The normalized spacial score (nSPS) is 18.2. The van der Waals surface area contributed by atoms with E-state index in [4.69, 9.17) is 21.1 Å². The second-order valence-electron chi connectivity index (χ2n) is 8.10. The molecule has 1 saturated heterocycles. The van der Waals surface area contributed by atoms with Gasteiger partial charge >= 0.3 is 0 Å². The molecule has 0 aliphatic carbocycles.